The summed E-state index contributed by atoms with van der Waals surface area (Å²) in [5.74, 6) is -0.265. The Labute approximate surface area is 88.0 Å². The summed E-state index contributed by atoms with van der Waals surface area (Å²) in [7, 11) is -4.51. The van der Waals surface area contributed by atoms with Crippen LogP contribution in [-0.4, -0.2) is 39.8 Å². The van der Waals surface area contributed by atoms with Gasteiger partial charge in [-0.3, -0.25) is 4.57 Å². The van der Waals surface area contributed by atoms with Crippen LogP contribution in [0.3, 0.4) is 0 Å². The van der Waals surface area contributed by atoms with Gasteiger partial charge in [0.05, 0.1) is 31.4 Å². The molecule has 0 spiro atoms. The molecule has 1 saturated heterocycles. The van der Waals surface area contributed by atoms with Crippen LogP contribution in [0.15, 0.2) is 0 Å². The first kappa shape index (κ1) is 13.1. The molecule has 1 rings (SSSR count). The molecule has 1 unspecified atom stereocenters. The molecule has 0 radical (unpaired) electrons. The minimum Gasteiger partial charge on any atom is -0.255 e. The van der Waals surface area contributed by atoms with Crippen molar-refractivity contribution in [2.75, 3.05) is 25.7 Å². The Hall–Kier alpha value is 0.0200. The molecular weight excluding hydrogens is 247 g/mol. The topological polar surface area (TPSA) is 88.1 Å². The molecule has 1 aliphatic rings. The first-order valence-electron chi connectivity index (χ1n) is 4.18. The van der Waals surface area contributed by atoms with Crippen molar-refractivity contribution < 1.29 is 32.1 Å². The second-order valence-corrected chi connectivity index (χ2v) is 7.42. The monoisotopic (exact) mass is 260 g/mol. The zero-order chi connectivity index (χ0) is 11.5. The summed E-state index contributed by atoms with van der Waals surface area (Å²) in [5, 5.41) is 0. The van der Waals surface area contributed by atoms with E-state index in [0.29, 0.717) is 0 Å². The molecule has 0 N–H and O–H groups in total. The quantitative estimate of drug-likeness (QED) is 0.404. The lowest BCUT2D eigenvalue weighted by atomic mass is 10.4. The van der Waals surface area contributed by atoms with E-state index in [4.69, 9.17) is 0 Å². The van der Waals surface area contributed by atoms with Crippen molar-refractivity contribution in [3.8, 4) is 0 Å². The van der Waals surface area contributed by atoms with Crippen molar-refractivity contribution in [3.63, 3.8) is 0 Å². The molecule has 0 aliphatic carbocycles. The van der Waals surface area contributed by atoms with Gasteiger partial charge in [-0.15, -0.1) is 9.35 Å². The van der Waals surface area contributed by atoms with Gasteiger partial charge in [0.15, 0.2) is 9.84 Å². The van der Waals surface area contributed by atoms with Gasteiger partial charge in [-0.05, 0) is 6.42 Å². The fourth-order valence-corrected chi connectivity index (χ4v) is 5.65. The Balaban J connectivity index is 2.78. The van der Waals surface area contributed by atoms with Crippen LogP contribution in [0.1, 0.15) is 6.42 Å². The Bertz CT molecular complexity index is 340. The molecule has 15 heavy (non-hydrogen) atoms. The molecule has 0 aromatic rings. The lowest BCUT2D eigenvalue weighted by molar-refractivity contribution is -0.243. The summed E-state index contributed by atoms with van der Waals surface area (Å²) < 4.78 is 43.3. The van der Waals surface area contributed by atoms with Gasteiger partial charge in [-0.2, -0.15) is 0 Å². The molecule has 1 atom stereocenters. The van der Waals surface area contributed by atoms with Crippen LogP contribution >= 0.6 is 7.60 Å². The maximum absolute atomic E-state index is 11.9. The van der Waals surface area contributed by atoms with E-state index in [1.165, 1.54) is 0 Å². The van der Waals surface area contributed by atoms with Gasteiger partial charge in [0.2, 0.25) is 0 Å². The van der Waals surface area contributed by atoms with E-state index < -0.39 is 23.1 Å². The Morgan fingerprint density at radius 1 is 1.20 bits per heavy atom. The molecule has 9 heteroatoms. The predicted molar refractivity (Wildman–Crippen MR) is 50.9 cm³/mol. The summed E-state index contributed by atoms with van der Waals surface area (Å²) in [6.45, 7) is 0. The van der Waals surface area contributed by atoms with Gasteiger partial charge < -0.3 is 0 Å². The lowest BCUT2D eigenvalue weighted by Gasteiger charge is -2.18. The van der Waals surface area contributed by atoms with Crippen molar-refractivity contribution in [2.45, 2.75) is 12.1 Å². The highest BCUT2D eigenvalue weighted by molar-refractivity contribution is 7.92. The van der Waals surface area contributed by atoms with E-state index in [1.807, 2.05) is 0 Å². The fourth-order valence-electron chi connectivity index (χ4n) is 1.37. The number of hydrogen-bond acceptors (Lipinski definition) is 7. The standard InChI is InChI=1S/C6H13O7PS/c1-10-12-14(7,13-11-2)6-3-4-15(8,9)5-6/h6H,3-5H2,1-2H3. The highest BCUT2D eigenvalue weighted by Crippen LogP contribution is 2.56. The molecule has 0 bridgehead atoms. The Morgan fingerprint density at radius 3 is 2.07 bits per heavy atom. The summed E-state index contributed by atoms with van der Waals surface area (Å²) in [6, 6.07) is 0. The van der Waals surface area contributed by atoms with Gasteiger partial charge in [0.25, 0.3) is 0 Å². The largest absolute Gasteiger partial charge is 0.388 e. The van der Waals surface area contributed by atoms with Gasteiger partial charge >= 0.3 is 7.60 Å². The molecule has 0 aromatic heterocycles. The first-order chi connectivity index (χ1) is 6.93. The summed E-state index contributed by atoms with van der Waals surface area (Å²) in [4.78, 5) is 8.55. The average Bonchev–Trinajstić information content (AvgIpc) is 2.47. The first-order valence-corrected chi connectivity index (χ1v) is 7.62. The van der Waals surface area contributed by atoms with Gasteiger partial charge in [0.1, 0.15) is 0 Å². The number of sulfone groups is 1. The van der Waals surface area contributed by atoms with E-state index in [9.17, 15) is 13.0 Å². The van der Waals surface area contributed by atoms with E-state index in [-0.39, 0.29) is 17.9 Å². The third kappa shape index (κ3) is 3.24. The summed E-state index contributed by atoms with van der Waals surface area (Å²) in [5.41, 5.74) is -0.734. The van der Waals surface area contributed by atoms with E-state index in [0.717, 1.165) is 14.2 Å². The Kier molecular flexibility index (Phi) is 4.28. The van der Waals surface area contributed by atoms with Crippen LogP contribution in [0, 0.1) is 0 Å². The van der Waals surface area contributed by atoms with Crippen LogP contribution in [0.2, 0.25) is 0 Å². The van der Waals surface area contributed by atoms with Crippen LogP contribution in [-0.2, 0) is 33.5 Å². The van der Waals surface area contributed by atoms with Crippen LogP contribution in [0.25, 0.3) is 0 Å². The average molecular weight is 260 g/mol. The van der Waals surface area contributed by atoms with Gasteiger partial charge in [-0.25, -0.2) is 18.2 Å². The maximum Gasteiger partial charge on any atom is 0.388 e. The predicted octanol–water partition coefficient (Wildman–Crippen LogP) is 0.523. The third-order valence-electron chi connectivity index (χ3n) is 2.01. The van der Waals surface area contributed by atoms with Crippen LogP contribution in [0.5, 0.6) is 0 Å². The van der Waals surface area contributed by atoms with Crippen molar-refractivity contribution in [1.29, 1.82) is 0 Å². The van der Waals surface area contributed by atoms with Gasteiger partial charge in [0, 0.05) is 0 Å². The molecule has 0 saturated carbocycles. The highest BCUT2D eigenvalue weighted by atomic mass is 32.2. The third-order valence-corrected chi connectivity index (χ3v) is 6.08. The number of hydrogen-bond donors (Lipinski definition) is 0. The zero-order valence-electron chi connectivity index (χ0n) is 8.41. The van der Waals surface area contributed by atoms with E-state index in [2.05, 4.69) is 19.1 Å². The van der Waals surface area contributed by atoms with Crippen LogP contribution in [0.4, 0.5) is 0 Å². The summed E-state index contributed by atoms with van der Waals surface area (Å²) in [6.07, 6.45) is 0.215. The second-order valence-electron chi connectivity index (χ2n) is 3.08. The fraction of sp³-hybridized carbons (Fsp3) is 1.00. The van der Waals surface area contributed by atoms with Crippen molar-refractivity contribution in [2.24, 2.45) is 0 Å². The Morgan fingerprint density at radius 2 is 1.73 bits per heavy atom. The molecule has 1 fully saturated rings. The summed E-state index contributed by atoms with van der Waals surface area (Å²) >= 11 is 0. The van der Waals surface area contributed by atoms with Crippen molar-refractivity contribution >= 4 is 17.4 Å². The molecular formula is C6H13O7PS. The molecule has 1 heterocycles. The van der Waals surface area contributed by atoms with Crippen molar-refractivity contribution in [3.05, 3.63) is 0 Å². The van der Waals surface area contributed by atoms with Gasteiger partial charge in [-0.1, -0.05) is 0 Å². The highest BCUT2D eigenvalue weighted by Gasteiger charge is 2.45. The molecule has 1 aliphatic heterocycles. The van der Waals surface area contributed by atoms with E-state index in [1.54, 1.807) is 0 Å². The minimum atomic E-state index is -3.67. The van der Waals surface area contributed by atoms with Crippen LogP contribution < -0.4 is 0 Å². The number of rotatable bonds is 5. The zero-order valence-corrected chi connectivity index (χ0v) is 10.1. The van der Waals surface area contributed by atoms with Crippen molar-refractivity contribution in [1.82, 2.24) is 0 Å². The molecule has 0 amide bonds. The van der Waals surface area contributed by atoms with E-state index >= 15 is 0 Å². The lowest BCUT2D eigenvalue weighted by Crippen LogP contribution is -2.14. The molecule has 0 aromatic carbocycles. The minimum absolute atomic E-state index is 0.0260. The molecule has 7 nitrogen and oxygen atoms in total. The maximum atomic E-state index is 11.9. The second kappa shape index (κ2) is 4.90. The normalized spacial score (nSPS) is 25.6. The SMILES string of the molecule is COOP(=O)(OOC)C1CCS(=O)(=O)C1. The molecule has 90 valence electrons. The smallest absolute Gasteiger partial charge is 0.255 e.